The summed E-state index contributed by atoms with van der Waals surface area (Å²) in [6.07, 6.45) is -1.19. The molecule has 94 valence electrons. The molecule has 0 aliphatic rings. The second-order valence-corrected chi connectivity index (χ2v) is 4.30. The molecule has 1 aromatic rings. The number of hydrogen-bond acceptors (Lipinski definition) is 6. The van der Waals surface area contributed by atoms with Crippen LogP contribution in [0.2, 0.25) is 0 Å². The molecule has 0 unspecified atom stereocenters. The van der Waals surface area contributed by atoms with Gasteiger partial charge in [-0.25, -0.2) is 9.78 Å². The highest BCUT2D eigenvalue weighted by molar-refractivity contribution is 7.09. The summed E-state index contributed by atoms with van der Waals surface area (Å²) in [5, 5.41) is 22.2. The molecule has 2 atom stereocenters. The fourth-order valence-corrected chi connectivity index (χ4v) is 1.77. The number of carboxylic acid groups (broad SMARTS) is 1. The third kappa shape index (κ3) is 3.48. The molecule has 0 aliphatic heterocycles. The second-order valence-electron chi connectivity index (χ2n) is 3.36. The van der Waals surface area contributed by atoms with Gasteiger partial charge in [-0.1, -0.05) is 0 Å². The van der Waals surface area contributed by atoms with Gasteiger partial charge >= 0.3 is 5.97 Å². The van der Waals surface area contributed by atoms with Gasteiger partial charge in [-0.3, -0.25) is 4.79 Å². The first-order chi connectivity index (χ1) is 7.95. The molecule has 1 heterocycles. The van der Waals surface area contributed by atoms with E-state index in [9.17, 15) is 14.7 Å². The summed E-state index contributed by atoms with van der Waals surface area (Å²) in [5.74, 6) is -1.95. The van der Waals surface area contributed by atoms with Gasteiger partial charge in [-0.2, -0.15) is 0 Å². The number of aliphatic hydroxyl groups excluding tert-OH is 1. The molecule has 0 aromatic carbocycles. The summed E-state index contributed by atoms with van der Waals surface area (Å²) in [4.78, 5) is 26.3. The van der Waals surface area contributed by atoms with Gasteiger partial charge in [0.1, 0.15) is 10.7 Å². The van der Waals surface area contributed by atoms with Crippen molar-refractivity contribution < 1.29 is 19.8 Å². The predicted molar refractivity (Wildman–Crippen MR) is 60.6 cm³/mol. The Morgan fingerprint density at radius 3 is 2.71 bits per heavy atom. The van der Waals surface area contributed by atoms with Gasteiger partial charge in [0.05, 0.1) is 6.10 Å². The fourth-order valence-electron chi connectivity index (χ4n) is 1.11. The molecule has 0 saturated carbocycles. The molecule has 1 rings (SSSR count). The van der Waals surface area contributed by atoms with Crippen LogP contribution >= 0.6 is 11.3 Å². The molecule has 17 heavy (non-hydrogen) atoms. The number of aliphatic hydroxyl groups is 1. The number of nitrogens with zero attached hydrogens (tertiary/aromatic N) is 1. The third-order valence-electron chi connectivity index (χ3n) is 1.99. The lowest BCUT2D eigenvalue weighted by atomic mass is 10.2. The number of hydrogen-bond donors (Lipinski definition) is 4. The van der Waals surface area contributed by atoms with Crippen molar-refractivity contribution in [3.8, 4) is 0 Å². The van der Waals surface area contributed by atoms with Crippen LogP contribution < -0.4 is 11.1 Å². The minimum atomic E-state index is -1.36. The van der Waals surface area contributed by atoms with E-state index >= 15 is 0 Å². The highest BCUT2D eigenvalue weighted by atomic mass is 32.1. The molecule has 0 saturated heterocycles. The summed E-state index contributed by atoms with van der Waals surface area (Å²) in [5.41, 5.74) is 5.44. The number of aliphatic carboxylic acids is 1. The lowest BCUT2D eigenvalue weighted by Gasteiger charge is -2.16. The van der Waals surface area contributed by atoms with E-state index in [1.54, 1.807) is 0 Å². The molecule has 7 nitrogen and oxygen atoms in total. The average molecular weight is 259 g/mol. The maximum atomic E-state index is 11.6. The van der Waals surface area contributed by atoms with Crippen molar-refractivity contribution in [2.45, 2.75) is 25.6 Å². The van der Waals surface area contributed by atoms with Crippen LogP contribution in [0.25, 0.3) is 0 Å². The quantitative estimate of drug-likeness (QED) is 0.546. The van der Waals surface area contributed by atoms with Crippen molar-refractivity contribution >= 4 is 23.2 Å². The number of carboxylic acids is 1. The Morgan fingerprint density at radius 1 is 1.65 bits per heavy atom. The van der Waals surface area contributed by atoms with Crippen molar-refractivity contribution in [1.82, 2.24) is 10.3 Å². The summed E-state index contributed by atoms with van der Waals surface area (Å²) in [7, 11) is 0. The average Bonchev–Trinajstić information content (AvgIpc) is 2.73. The van der Waals surface area contributed by atoms with Gasteiger partial charge in [0.25, 0.3) is 5.91 Å². The molecule has 8 heteroatoms. The Labute approximate surface area is 101 Å². The van der Waals surface area contributed by atoms with Crippen LogP contribution in [0.3, 0.4) is 0 Å². The highest BCUT2D eigenvalue weighted by Gasteiger charge is 2.26. The van der Waals surface area contributed by atoms with E-state index in [1.807, 2.05) is 0 Å². The Kier molecular flexibility index (Phi) is 4.55. The van der Waals surface area contributed by atoms with Crippen molar-refractivity contribution in [3.05, 3.63) is 16.1 Å². The van der Waals surface area contributed by atoms with Gasteiger partial charge in [-0.05, 0) is 6.92 Å². The van der Waals surface area contributed by atoms with Crippen LogP contribution in [0.15, 0.2) is 5.38 Å². The van der Waals surface area contributed by atoms with E-state index in [4.69, 9.17) is 10.8 Å². The molecule has 0 radical (unpaired) electrons. The summed E-state index contributed by atoms with van der Waals surface area (Å²) in [6, 6.07) is -1.36. The molecule has 0 spiro atoms. The number of nitrogens with two attached hydrogens (primary N) is 1. The van der Waals surface area contributed by atoms with Crippen LogP contribution in [0.4, 0.5) is 0 Å². The Morgan fingerprint density at radius 2 is 2.29 bits per heavy atom. The largest absolute Gasteiger partial charge is 0.480 e. The van der Waals surface area contributed by atoms with Gasteiger partial charge in [0.15, 0.2) is 6.04 Å². The van der Waals surface area contributed by atoms with E-state index < -0.39 is 24.0 Å². The van der Waals surface area contributed by atoms with Crippen LogP contribution in [-0.4, -0.2) is 39.2 Å². The second kappa shape index (κ2) is 5.71. The molecule has 0 fully saturated rings. The molecule has 1 aromatic heterocycles. The number of nitrogens with one attached hydrogen (secondary N) is 1. The Bertz CT molecular complexity index is 418. The monoisotopic (exact) mass is 259 g/mol. The molecule has 0 bridgehead atoms. The minimum Gasteiger partial charge on any atom is -0.480 e. The lowest BCUT2D eigenvalue weighted by Crippen LogP contribution is -2.47. The molecule has 5 N–H and O–H groups in total. The number of carbonyl (C=O) groups excluding carboxylic acids is 1. The van der Waals surface area contributed by atoms with Crippen LogP contribution in [0.5, 0.6) is 0 Å². The van der Waals surface area contributed by atoms with Gasteiger partial charge in [0, 0.05) is 11.9 Å². The summed E-state index contributed by atoms with van der Waals surface area (Å²) in [6.45, 7) is 1.50. The van der Waals surface area contributed by atoms with Crippen LogP contribution in [0, 0.1) is 0 Å². The normalized spacial score (nSPS) is 14.1. The zero-order valence-electron chi connectivity index (χ0n) is 9.08. The summed E-state index contributed by atoms with van der Waals surface area (Å²) < 4.78 is 0. The number of amides is 1. The number of aromatic nitrogens is 1. The topological polar surface area (TPSA) is 126 Å². The standard InChI is InChI=1S/C9H13N3O4S/c1-4(13)7(9(15)16)12-8(14)5-3-17-6(2-10)11-5/h3-4,7,13H,2,10H2,1H3,(H,12,14)(H,15,16)/t4-,7+/m1/s1. The van der Waals surface area contributed by atoms with Crippen molar-refractivity contribution in [3.63, 3.8) is 0 Å². The van der Waals surface area contributed by atoms with Crippen molar-refractivity contribution in [2.75, 3.05) is 0 Å². The van der Waals surface area contributed by atoms with E-state index in [-0.39, 0.29) is 12.2 Å². The molecule has 0 aliphatic carbocycles. The maximum absolute atomic E-state index is 11.6. The number of thiazole rings is 1. The number of rotatable bonds is 5. The third-order valence-corrected chi connectivity index (χ3v) is 2.87. The SMILES string of the molecule is C[C@@H](O)[C@H](NC(=O)c1csc(CN)n1)C(=O)O. The highest BCUT2D eigenvalue weighted by Crippen LogP contribution is 2.09. The van der Waals surface area contributed by atoms with Crippen molar-refractivity contribution in [1.29, 1.82) is 0 Å². The lowest BCUT2D eigenvalue weighted by molar-refractivity contribution is -0.141. The smallest absolute Gasteiger partial charge is 0.328 e. The summed E-state index contributed by atoms with van der Waals surface area (Å²) >= 11 is 1.21. The van der Waals surface area contributed by atoms with Gasteiger partial charge in [-0.15, -0.1) is 11.3 Å². The zero-order chi connectivity index (χ0) is 13.0. The minimum absolute atomic E-state index is 0.0994. The fraction of sp³-hybridized carbons (Fsp3) is 0.444. The van der Waals surface area contributed by atoms with E-state index in [0.717, 1.165) is 0 Å². The van der Waals surface area contributed by atoms with Crippen LogP contribution in [-0.2, 0) is 11.3 Å². The predicted octanol–water partition coefficient (Wildman–Crippen LogP) is -0.834. The van der Waals surface area contributed by atoms with Gasteiger partial charge < -0.3 is 21.3 Å². The Hall–Kier alpha value is -1.51. The Balaban J connectivity index is 2.73. The maximum Gasteiger partial charge on any atom is 0.328 e. The van der Waals surface area contributed by atoms with Crippen LogP contribution in [0.1, 0.15) is 22.4 Å². The molecular weight excluding hydrogens is 246 g/mol. The number of carbonyl (C=O) groups is 2. The first-order valence-electron chi connectivity index (χ1n) is 4.82. The first-order valence-corrected chi connectivity index (χ1v) is 5.70. The first kappa shape index (κ1) is 13.6. The molecule has 1 amide bonds. The van der Waals surface area contributed by atoms with E-state index in [0.29, 0.717) is 5.01 Å². The van der Waals surface area contributed by atoms with E-state index in [1.165, 1.54) is 23.6 Å². The van der Waals surface area contributed by atoms with E-state index in [2.05, 4.69) is 10.3 Å². The zero-order valence-corrected chi connectivity index (χ0v) is 9.90. The van der Waals surface area contributed by atoms with Gasteiger partial charge in [0.2, 0.25) is 0 Å². The van der Waals surface area contributed by atoms with Crippen molar-refractivity contribution in [2.24, 2.45) is 5.73 Å². The molecular formula is C9H13N3O4S.